The normalized spacial score (nSPS) is 56.6. The predicted octanol–water partition coefficient (Wildman–Crippen LogP) is 0.913. The standard InChI is InChI=1S/C41H64O14/c1-36(2)12-19-18-8-9-24-38(5)13-20(43)32(55-34-30(49)28(47)31(22(16-42)52-34)54-33-29(48)27(46)21(44)17-51-33)37(3,4)23(38)10-11-39(24,6)40(18,7)14-25(45)41(19)15-26(36)53-35(41)50/h8,19-34,42-49H,9-17H2,1-7H3/t19-,20-,21+,22+,23-,24+,25+,26-,27-,28+,29+,30+,31+,32-,33-,34-,38-,39+,40+,41+/m0/s1. The van der Waals surface area contributed by atoms with Crippen LogP contribution in [-0.2, 0) is 28.5 Å². The molecule has 0 aromatic heterocycles. The van der Waals surface area contributed by atoms with Gasteiger partial charge in [-0.05, 0) is 77.9 Å². The number of esters is 1. The van der Waals surface area contributed by atoms with E-state index in [9.17, 15) is 45.6 Å². The average Bonchev–Trinajstić information content (AvgIpc) is 3.43. The van der Waals surface area contributed by atoms with Gasteiger partial charge >= 0.3 is 5.97 Å². The molecule has 0 amide bonds. The molecule has 8 aliphatic rings. The number of aliphatic hydroxyl groups is 8. The number of fused-ring (bicyclic) bond motifs is 7. The van der Waals surface area contributed by atoms with Gasteiger partial charge < -0.3 is 64.5 Å². The first kappa shape index (κ1) is 40.5. The van der Waals surface area contributed by atoms with E-state index in [0.717, 1.165) is 25.7 Å². The fourth-order valence-electron chi connectivity index (χ4n) is 14.0. The predicted molar refractivity (Wildman–Crippen MR) is 192 cm³/mol. The van der Waals surface area contributed by atoms with Gasteiger partial charge in [-0.15, -0.1) is 0 Å². The summed E-state index contributed by atoms with van der Waals surface area (Å²) >= 11 is 0. The fourth-order valence-corrected chi connectivity index (χ4v) is 14.0. The number of carbonyl (C=O) groups is 1. The van der Waals surface area contributed by atoms with Crippen molar-refractivity contribution in [1.82, 2.24) is 0 Å². The van der Waals surface area contributed by atoms with E-state index in [1.165, 1.54) is 5.57 Å². The maximum Gasteiger partial charge on any atom is 0.315 e. The summed E-state index contributed by atoms with van der Waals surface area (Å²) in [4.78, 5) is 13.6. The highest BCUT2D eigenvalue weighted by molar-refractivity contribution is 5.82. The van der Waals surface area contributed by atoms with Crippen LogP contribution in [0, 0.1) is 50.2 Å². The van der Waals surface area contributed by atoms with Gasteiger partial charge in [-0.3, -0.25) is 4.79 Å². The van der Waals surface area contributed by atoms with E-state index in [2.05, 4.69) is 54.5 Å². The summed E-state index contributed by atoms with van der Waals surface area (Å²) in [5.74, 6) is -0.122. The van der Waals surface area contributed by atoms with Crippen LogP contribution in [0.25, 0.3) is 0 Å². The molecule has 0 unspecified atom stereocenters. The molecular formula is C41H64O14. The van der Waals surface area contributed by atoms with Crippen molar-refractivity contribution in [2.75, 3.05) is 13.2 Å². The van der Waals surface area contributed by atoms with Crippen molar-refractivity contribution < 1.29 is 69.3 Å². The average molecular weight is 781 g/mol. The van der Waals surface area contributed by atoms with E-state index in [1.807, 2.05) is 0 Å². The van der Waals surface area contributed by atoms with Gasteiger partial charge in [0.2, 0.25) is 0 Å². The lowest BCUT2D eigenvalue weighted by Gasteiger charge is -2.71. The summed E-state index contributed by atoms with van der Waals surface area (Å²) in [6, 6.07) is 0. The Hall–Kier alpha value is -1.27. The first-order chi connectivity index (χ1) is 25.6. The second-order valence-electron chi connectivity index (χ2n) is 20.6. The molecule has 20 atom stereocenters. The Labute approximate surface area is 323 Å². The highest BCUT2D eigenvalue weighted by Gasteiger charge is 2.75. The van der Waals surface area contributed by atoms with Gasteiger partial charge in [-0.25, -0.2) is 0 Å². The summed E-state index contributed by atoms with van der Waals surface area (Å²) in [5, 5.41) is 87.3. The molecule has 4 saturated carbocycles. The molecule has 3 heterocycles. The fraction of sp³-hybridized carbons (Fsp3) is 0.927. The summed E-state index contributed by atoms with van der Waals surface area (Å²) in [5.41, 5.74) is -1.41. The number of carbonyl (C=O) groups excluding carboxylic acids is 1. The second kappa shape index (κ2) is 13.1. The minimum atomic E-state index is -1.67. The van der Waals surface area contributed by atoms with Gasteiger partial charge in [0.1, 0.15) is 54.2 Å². The minimum Gasteiger partial charge on any atom is -0.461 e. The smallest absolute Gasteiger partial charge is 0.315 e. The van der Waals surface area contributed by atoms with Crippen LogP contribution in [-0.4, -0.2) is 140 Å². The summed E-state index contributed by atoms with van der Waals surface area (Å²) in [6.45, 7) is 14.4. The molecule has 8 rings (SSSR count). The Balaban J connectivity index is 1.03. The largest absolute Gasteiger partial charge is 0.461 e. The van der Waals surface area contributed by atoms with Crippen LogP contribution in [0.2, 0.25) is 0 Å². The number of rotatable bonds is 5. The van der Waals surface area contributed by atoms with Crippen LogP contribution in [0.1, 0.15) is 93.4 Å². The zero-order valence-electron chi connectivity index (χ0n) is 33.2. The lowest BCUT2D eigenvalue weighted by atomic mass is 9.33. The molecule has 312 valence electrons. The monoisotopic (exact) mass is 780 g/mol. The Morgan fingerprint density at radius 3 is 2.18 bits per heavy atom. The van der Waals surface area contributed by atoms with Gasteiger partial charge in [0.05, 0.1) is 31.5 Å². The molecule has 5 aliphatic carbocycles. The van der Waals surface area contributed by atoms with Gasteiger partial charge in [-0.2, -0.15) is 0 Å². The molecule has 14 nitrogen and oxygen atoms in total. The van der Waals surface area contributed by atoms with Crippen LogP contribution in [0.15, 0.2) is 11.6 Å². The van der Waals surface area contributed by atoms with Crippen molar-refractivity contribution in [2.45, 2.75) is 173 Å². The van der Waals surface area contributed by atoms with Crippen molar-refractivity contribution in [2.24, 2.45) is 50.2 Å². The van der Waals surface area contributed by atoms with Crippen LogP contribution in [0.4, 0.5) is 0 Å². The molecule has 8 N–H and O–H groups in total. The first-order valence-electron chi connectivity index (χ1n) is 20.5. The maximum atomic E-state index is 13.6. The van der Waals surface area contributed by atoms with E-state index in [1.54, 1.807) is 0 Å². The van der Waals surface area contributed by atoms with Gasteiger partial charge in [-0.1, -0.05) is 60.1 Å². The van der Waals surface area contributed by atoms with Crippen molar-refractivity contribution in [3.8, 4) is 0 Å². The third kappa shape index (κ3) is 5.45. The Kier molecular flexibility index (Phi) is 9.66. The third-order valence-electron chi connectivity index (χ3n) is 17.2. The van der Waals surface area contributed by atoms with Crippen LogP contribution in [0.5, 0.6) is 0 Å². The SMILES string of the molecule is CC1(C)C[C@H]2C3=CC[C@@H]4[C@@]5(C)C[C@H](O)[C@H](O[C@@H]6O[C@H](CO)[C@@H](O[C@@H]7OC[C@@H](O)[C@H](O)[C@H]7O)[C@H](O)[C@H]6O)C(C)(C)[C@@H]5CC[C@@]4(C)[C@]3(C)C[C@@H](O)[C@@]23C[C@@H]1OC3=O. The third-order valence-corrected chi connectivity index (χ3v) is 17.2. The Bertz CT molecular complexity index is 1550. The Morgan fingerprint density at radius 2 is 1.49 bits per heavy atom. The molecular weight excluding hydrogens is 716 g/mol. The van der Waals surface area contributed by atoms with Crippen molar-refractivity contribution in [3.63, 3.8) is 0 Å². The maximum absolute atomic E-state index is 13.6. The van der Waals surface area contributed by atoms with Crippen molar-refractivity contribution >= 4 is 5.97 Å². The Morgan fingerprint density at radius 1 is 0.800 bits per heavy atom. The van der Waals surface area contributed by atoms with E-state index in [4.69, 9.17) is 23.7 Å². The highest BCUT2D eigenvalue weighted by atomic mass is 16.7. The molecule has 1 spiro atoms. The van der Waals surface area contributed by atoms with Crippen LogP contribution in [0.3, 0.4) is 0 Å². The molecule has 7 fully saturated rings. The summed E-state index contributed by atoms with van der Waals surface area (Å²) in [6.07, 6.45) is -9.14. The molecule has 2 bridgehead atoms. The lowest BCUT2D eigenvalue weighted by molar-refractivity contribution is -0.366. The van der Waals surface area contributed by atoms with E-state index in [0.29, 0.717) is 19.3 Å². The van der Waals surface area contributed by atoms with Crippen molar-refractivity contribution in [3.05, 3.63) is 11.6 Å². The van der Waals surface area contributed by atoms with Crippen molar-refractivity contribution in [1.29, 1.82) is 0 Å². The quantitative estimate of drug-likeness (QED) is 0.110. The number of ether oxygens (including phenoxy) is 5. The second-order valence-corrected chi connectivity index (χ2v) is 20.6. The number of aliphatic hydroxyl groups excluding tert-OH is 8. The number of hydrogen-bond acceptors (Lipinski definition) is 14. The first-order valence-corrected chi connectivity index (χ1v) is 20.5. The lowest BCUT2D eigenvalue weighted by Crippen LogP contribution is -2.69. The van der Waals surface area contributed by atoms with Gasteiger partial charge in [0, 0.05) is 11.8 Å². The number of allylic oxidation sites excluding steroid dienone is 2. The molecule has 3 aliphatic heterocycles. The van der Waals surface area contributed by atoms with Crippen LogP contribution < -0.4 is 0 Å². The number of hydrogen-bond donors (Lipinski definition) is 8. The summed E-state index contributed by atoms with van der Waals surface area (Å²) in [7, 11) is 0. The van der Waals surface area contributed by atoms with Gasteiger partial charge in [0.15, 0.2) is 12.6 Å². The highest BCUT2D eigenvalue weighted by Crippen LogP contribution is 2.76. The van der Waals surface area contributed by atoms with Gasteiger partial charge in [0.25, 0.3) is 0 Å². The molecule has 14 heteroatoms. The zero-order chi connectivity index (χ0) is 40.0. The van der Waals surface area contributed by atoms with Crippen LogP contribution >= 0.6 is 0 Å². The molecule has 0 radical (unpaired) electrons. The molecule has 0 aromatic rings. The zero-order valence-corrected chi connectivity index (χ0v) is 33.2. The molecule has 3 saturated heterocycles. The minimum absolute atomic E-state index is 0.0751. The topological polar surface area (TPSA) is 225 Å². The molecule has 55 heavy (non-hydrogen) atoms. The van der Waals surface area contributed by atoms with E-state index < -0.39 is 91.1 Å². The van der Waals surface area contributed by atoms with E-state index >= 15 is 0 Å². The van der Waals surface area contributed by atoms with E-state index in [-0.39, 0.29) is 58.1 Å². The summed E-state index contributed by atoms with van der Waals surface area (Å²) < 4.78 is 29.5. The molecule has 0 aromatic carbocycles.